The van der Waals surface area contributed by atoms with Crippen molar-refractivity contribution in [3.63, 3.8) is 0 Å². The number of anilines is 2. The second-order valence-electron chi connectivity index (χ2n) is 8.59. The minimum Gasteiger partial charge on any atom is -0.474 e. The Morgan fingerprint density at radius 2 is 1.81 bits per heavy atom. The number of amides is 2. The van der Waals surface area contributed by atoms with E-state index in [1.54, 1.807) is 9.80 Å². The van der Waals surface area contributed by atoms with Crippen LogP contribution >= 0.6 is 12.2 Å². The number of piperazine rings is 1. The van der Waals surface area contributed by atoms with E-state index >= 15 is 8.78 Å². The van der Waals surface area contributed by atoms with Crippen molar-refractivity contribution in [1.82, 2.24) is 10.2 Å². The predicted molar refractivity (Wildman–Crippen MR) is 136 cm³/mol. The van der Waals surface area contributed by atoms with Crippen molar-refractivity contribution in [3.8, 4) is 0 Å². The largest absolute Gasteiger partial charge is 0.474 e. The number of ether oxygens (including phenoxy) is 3. The molecule has 1 N–H and O–H groups in total. The number of hydrogen-bond donors (Lipinski definition) is 1. The van der Waals surface area contributed by atoms with E-state index in [1.165, 1.54) is 12.0 Å². The number of rotatable bonds is 8. The lowest BCUT2D eigenvalue weighted by molar-refractivity contribution is -0.136. The topological polar surface area (TPSA) is 83.6 Å². The van der Waals surface area contributed by atoms with Gasteiger partial charge >= 0.3 is 6.09 Å². The van der Waals surface area contributed by atoms with Gasteiger partial charge in [0.15, 0.2) is 11.6 Å². The van der Waals surface area contributed by atoms with Gasteiger partial charge in [0.1, 0.15) is 18.4 Å². The van der Waals surface area contributed by atoms with Crippen LogP contribution in [0.3, 0.4) is 0 Å². The molecule has 0 bridgehead atoms. The maximum atomic E-state index is 15.0. The van der Waals surface area contributed by atoms with Crippen molar-refractivity contribution in [2.45, 2.75) is 12.7 Å². The normalized spacial score (nSPS) is 17.5. The molecule has 0 saturated carbocycles. The van der Waals surface area contributed by atoms with E-state index in [0.717, 1.165) is 17.7 Å². The van der Waals surface area contributed by atoms with Crippen molar-refractivity contribution in [2.75, 3.05) is 62.8 Å². The second kappa shape index (κ2) is 12.2. The quantitative estimate of drug-likeness (QED) is 0.518. The molecular formula is C25H28F2N4O5S. The standard InChI is InChI=1S/C25H28F2N4O5S/c1-34-24(37)28-13-19-14-31(25(33)36-19)18-11-20(26)23(21(27)12-18)30-9-7-29(8-10-30)22(32)16-35-15-17-5-3-2-4-6-17/h2-6,11-12,19H,7-10,13-16H2,1H3,(H,28,37). The van der Waals surface area contributed by atoms with Crippen molar-refractivity contribution >= 4 is 40.8 Å². The van der Waals surface area contributed by atoms with E-state index in [1.807, 2.05) is 30.3 Å². The Kier molecular flexibility index (Phi) is 8.72. The Morgan fingerprint density at radius 3 is 2.46 bits per heavy atom. The fourth-order valence-electron chi connectivity index (χ4n) is 4.22. The second-order valence-corrected chi connectivity index (χ2v) is 8.96. The fourth-order valence-corrected chi connectivity index (χ4v) is 4.30. The van der Waals surface area contributed by atoms with E-state index in [4.69, 9.17) is 26.4 Å². The summed E-state index contributed by atoms with van der Waals surface area (Å²) in [7, 11) is 1.41. The lowest BCUT2D eigenvalue weighted by atomic mass is 10.2. The van der Waals surface area contributed by atoms with Crippen LogP contribution in [0, 0.1) is 11.6 Å². The van der Waals surface area contributed by atoms with Gasteiger partial charge in [0.2, 0.25) is 5.91 Å². The van der Waals surface area contributed by atoms with Crippen molar-refractivity contribution in [1.29, 1.82) is 0 Å². The first-order valence-electron chi connectivity index (χ1n) is 11.8. The van der Waals surface area contributed by atoms with Crippen LogP contribution in [0.4, 0.5) is 25.0 Å². The van der Waals surface area contributed by atoms with Crippen LogP contribution in [0.1, 0.15) is 5.56 Å². The Morgan fingerprint density at radius 1 is 1.14 bits per heavy atom. The molecule has 9 nitrogen and oxygen atoms in total. The molecule has 0 radical (unpaired) electrons. The van der Waals surface area contributed by atoms with Crippen LogP contribution < -0.4 is 15.1 Å². The summed E-state index contributed by atoms with van der Waals surface area (Å²) in [5, 5.41) is 2.94. The minimum absolute atomic E-state index is 0.0601. The van der Waals surface area contributed by atoms with Gasteiger partial charge in [-0.3, -0.25) is 9.69 Å². The summed E-state index contributed by atoms with van der Waals surface area (Å²) in [5.74, 6) is -1.76. The predicted octanol–water partition coefficient (Wildman–Crippen LogP) is 2.68. The van der Waals surface area contributed by atoms with Crippen LogP contribution in [0.5, 0.6) is 0 Å². The molecule has 12 heteroatoms. The molecule has 2 aromatic carbocycles. The Labute approximate surface area is 218 Å². The third kappa shape index (κ3) is 6.63. The molecular weight excluding hydrogens is 506 g/mol. The molecule has 2 saturated heterocycles. The van der Waals surface area contributed by atoms with E-state index in [-0.39, 0.29) is 55.2 Å². The number of carbonyl (C=O) groups is 2. The summed E-state index contributed by atoms with van der Waals surface area (Å²) in [6, 6.07) is 11.8. The van der Waals surface area contributed by atoms with Gasteiger partial charge in [-0.15, -0.1) is 0 Å². The highest BCUT2D eigenvalue weighted by Crippen LogP contribution is 2.31. The number of benzene rings is 2. The average molecular weight is 535 g/mol. The summed E-state index contributed by atoms with van der Waals surface area (Å²) in [4.78, 5) is 29.1. The summed E-state index contributed by atoms with van der Waals surface area (Å²) < 4.78 is 45.7. The minimum atomic E-state index is -0.795. The van der Waals surface area contributed by atoms with Gasteiger partial charge in [0.25, 0.3) is 5.17 Å². The Bertz CT molecular complexity index is 1110. The molecule has 2 amide bonds. The molecule has 37 heavy (non-hydrogen) atoms. The highest BCUT2D eigenvalue weighted by atomic mass is 32.1. The molecule has 0 spiro atoms. The third-order valence-electron chi connectivity index (χ3n) is 6.13. The van der Waals surface area contributed by atoms with Crippen LogP contribution in [0.15, 0.2) is 42.5 Å². The number of nitrogens with one attached hydrogen (secondary N) is 1. The zero-order valence-electron chi connectivity index (χ0n) is 20.3. The zero-order chi connectivity index (χ0) is 26.4. The van der Waals surface area contributed by atoms with E-state index < -0.39 is 23.8 Å². The maximum Gasteiger partial charge on any atom is 0.414 e. The molecule has 1 unspecified atom stereocenters. The first-order chi connectivity index (χ1) is 17.9. The number of thiocarbonyl (C=S) groups is 1. The zero-order valence-corrected chi connectivity index (χ0v) is 21.1. The van der Waals surface area contributed by atoms with Crippen LogP contribution in [-0.4, -0.2) is 81.2 Å². The van der Waals surface area contributed by atoms with E-state index in [0.29, 0.717) is 19.7 Å². The van der Waals surface area contributed by atoms with Crippen LogP contribution in [0.2, 0.25) is 0 Å². The molecule has 2 fully saturated rings. The Balaban J connectivity index is 1.31. The molecule has 0 aliphatic carbocycles. The summed E-state index contributed by atoms with van der Waals surface area (Å²) in [6.45, 7) is 1.72. The van der Waals surface area contributed by atoms with Gasteiger partial charge < -0.3 is 29.3 Å². The van der Waals surface area contributed by atoms with Crippen molar-refractivity contribution < 1.29 is 32.6 Å². The molecule has 2 heterocycles. The molecule has 2 aliphatic heterocycles. The van der Waals surface area contributed by atoms with Crippen molar-refractivity contribution in [3.05, 3.63) is 59.7 Å². The van der Waals surface area contributed by atoms with Gasteiger partial charge in [0, 0.05) is 38.3 Å². The van der Waals surface area contributed by atoms with Gasteiger partial charge in [-0.2, -0.15) is 0 Å². The summed E-state index contributed by atoms with van der Waals surface area (Å²) in [5.41, 5.74) is 0.844. The van der Waals surface area contributed by atoms with Gasteiger partial charge in [-0.25, -0.2) is 13.6 Å². The number of nitrogens with zero attached hydrogens (tertiary/aromatic N) is 3. The highest BCUT2D eigenvalue weighted by molar-refractivity contribution is 7.80. The molecule has 1 atom stereocenters. The number of halogens is 2. The summed E-state index contributed by atoms with van der Waals surface area (Å²) in [6.07, 6.45) is -1.27. The Hall–Kier alpha value is -3.51. The first-order valence-corrected chi connectivity index (χ1v) is 12.2. The van der Waals surface area contributed by atoms with E-state index in [2.05, 4.69) is 5.32 Å². The van der Waals surface area contributed by atoms with Gasteiger partial charge in [0.05, 0.1) is 32.5 Å². The molecule has 4 rings (SSSR count). The monoisotopic (exact) mass is 534 g/mol. The SMILES string of the molecule is COC(=S)NCC1CN(c2cc(F)c(N3CCN(C(=O)COCc4ccccc4)CC3)c(F)c2)C(=O)O1. The lowest BCUT2D eigenvalue weighted by Crippen LogP contribution is -2.50. The van der Waals surface area contributed by atoms with Crippen molar-refractivity contribution in [2.24, 2.45) is 0 Å². The lowest BCUT2D eigenvalue weighted by Gasteiger charge is -2.36. The number of cyclic esters (lactones) is 1. The summed E-state index contributed by atoms with van der Waals surface area (Å²) >= 11 is 4.89. The molecule has 2 aromatic rings. The van der Waals surface area contributed by atoms with Gasteiger partial charge in [-0.05, 0) is 17.8 Å². The fraction of sp³-hybridized carbons (Fsp3) is 0.400. The third-order valence-corrected chi connectivity index (χ3v) is 6.44. The maximum absolute atomic E-state index is 15.0. The molecule has 198 valence electrons. The smallest absolute Gasteiger partial charge is 0.414 e. The van der Waals surface area contributed by atoms with Crippen LogP contribution in [0.25, 0.3) is 0 Å². The number of carbonyl (C=O) groups excluding carboxylic acids is 2. The van der Waals surface area contributed by atoms with Crippen LogP contribution in [-0.2, 0) is 25.6 Å². The molecule has 2 aliphatic rings. The average Bonchev–Trinajstić information content (AvgIpc) is 3.28. The highest BCUT2D eigenvalue weighted by Gasteiger charge is 2.34. The number of hydrogen-bond acceptors (Lipinski definition) is 7. The van der Waals surface area contributed by atoms with E-state index in [9.17, 15) is 9.59 Å². The molecule has 0 aromatic heterocycles. The first kappa shape index (κ1) is 26.6. The number of methoxy groups -OCH3 is 1. The van der Waals surface area contributed by atoms with Gasteiger partial charge in [-0.1, -0.05) is 30.3 Å².